The first-order chi connectivity index (χ1) is 11.5. The summed E-state index contributed by atoms with van der Waals surface area (Å²) < 4.78 is 1.82. The second kappa shape index (κ2) is 5.16. The largest absolute Gasteiger partial charge is 0.355 e. The number of nitrogens with zero attached hydrogens (tertiary/aromatic N) is 5. The summed E-state index contributed by atoms with van der Waals surface area (Å²) in [5, 5.41) is 15.3. The van der Waals surface area contributed by atoms with E-state index >= 15 is 0 Å². The number of rotatable bonds is 2. The summed E-state index contributed by atoms with van der Waals surface area (Å²) in [6.45, 7) is 2.70. The molecule has 1 aromatic carbocycles. The SMILES string of the molecule is Cc1ccc2c(n1)N(C)Cc1cnn(-c3ccc([N+](=O)[O-])cc3)c1-2. The van der Waals surface area contributed by atoms with Gasteiger partial charge in [0.2, 0.25) is 0 Å². The zero-order chi connectivity index (χ0) is 16.8. The number of nitro benzene ring substituents is 1. The Hall–Kier alpha value is -3.22. The summed E-state index contributed by atoms with van der Waals surface area (Å²) in [7, 11) is 2.01. The molecule has 0 spiro atoms. The molecule has 3 heterocycles. The third-order valence-corrected chi connectivity index (χ3v) is 4.19. The van der Waals surface area contributed by atoms with E-state index in [9.17, 15) is 10.1 Å². The van der Waals surface area contributed by atoms with Crippen LogP contribution in [0.25, 0.3) is 16.9 Å². The van der Waals surface area contributed by atoms with E-state index in [1.807, 2.05) is 30.9 Å². The minimum atomic E-state index is -0.403. The average Bonchev–Trinajstić information content (AvgIpc) is 2.99. The average molecular weight is 321 g/mol. The number of pyridine rings is 1. The van der Waals surface area contributed by atoms with Gasteiger partial charge in [-0.3, -0.25) is 10.1 Å². The number of aromatic nitrogens is 3. The molecule has 7 nitrogen and oxygen atoms in total. The lowest BCUT2D eigenvalue weighted by atomic mass is 10.0. The van der Waals surface area contributed by atoms with Gasteiger partial charge in [0.1, 0.15) is 5.82 Å². The van der Waals surface area contributed by atoms with Crippen molar-refractivity contribution in [3.63, 3.8) is 0 Å². The van der Waals surface area contributed by atoms with Crippen molar-refractivity contribution in [1.29, 1.82) is 0 Å². The van der Waals surface area contributed by atoms with Crippen LogP contribution < -0.4 is 4.90 Å². The van der Waals surface area contributed by atoms with Crippen LogP contribution in [0.1, 0.15) is 11.3 Å². The molecule has 2 aromatic heterocycles. The zero-order valence-corrected chi connectivity index (χ0v) is 13.3. The van der Waals surface area contributed by atoms with Crippen LogP contribution in [0.15, 0.2) is 42.6 Å². The first-order valence-corrected chi connectivity index (χ1v) is 7.55. The molecule has 1 aliphatic heterocycles. The molecule has 0 radical (unpaired) electrons. The van der Waals surface area contributed by atoms with Crippen molar-refractivity contribution in [1.82, 2.24) is 14.8 Å². The molecule has 0 saturated carbocycles. The maximum absolute atomic E-state index is 10.8. The van der Waals surface area contributed by atoms with Crippen LogP contribution >= 0.6 is 0 Å². The van der Waals surface area contributed by atoms with Gasteiger partial charge in [-0.15, -0.1) is 0 Å². The van der Waals surface area contributed by atoms with Crippen molar-refractivity contribution in [2.24, 2.45) is 0 Å². The summed E-state index contributed by atoms with van der Waals surface area (Å²) in [5.74, 6) is 0.922. The van der Waals surface area contributed by atoms with Crippen LogP contribution in [0.2, 0.25) is 0 Å². The Bertz CT molecular complexity index is 946. The van der Waals surface area contributed by atoms with E-state index in [4.69, 9.17) is 0 Å². The van der Waals surface area contributed by atoms with E-state index < -0.39 is 4.92 Å². The maximum atomic E-state index is 10.8. The van der Waals surface area contributed by atoms with Crippen LogP contribution in [-0.4, -0.2) is 26.7 Å². The summed E-state index contributed by atoms with van der Waals surface area (Å²) in [6, 6.07) is 10.4. The first-order valence-electron chi connectivity index (χ1n) is 7.55. The van der Waals surface area contributed by atoms with Gasteiger partial charge in [-0.05, 0) is 31.2 Å². The van der Waals surface area contributed by atoms with E-state index in [1.165, 1.54) is 12.1 Å². The summed E-state index contributed by atoms with van der Waals surface area (Å²) in [4.78, 5) is 17.2. The predicted molar refractivity (Wildman–Crippen MR) is 90.3 cm³/mol. The highest BCUT2D eigenvalue weighted by Gasteiger charge is 2.25. The van der Waals surface area contributed by atoms with E-state index in [-0.39, 0.29) is 5.69 Å². The molecule has 4 rings (SSSR count). The van der Waals surface area contributed by atoms with Crippen LogP contribution in [0.4, 0.5) is 11.5 Å². The highest BCUT2D eigenvalue weighted by molar-refractivity contribution is 5.80. The number of hydrogen-bond acceptors (Lipinski definition) is 5. The second-order valence-electron chi connectivity index (χ2n) is 5.88. The molecule has 7 heteroatoms. The maximum Gasteiger partial charge on any atom is 0.269 e. The number of non-ortho nitro benzene ring substituents is 1. The van der Waals surface area contributed by atoms with Crippen molar-refractivity contribution in [3.05, 3.63) is 64.0 Å². The Kier molecular flexibility index (Phi) is 3.09. The van der Waals surface area contributed by atoms with E-state index in [0.717, 1.165) is 40.6 Å². The summed E-state index contributed by atoms with van der Waals surface area (Å²) >= 11 is 0. The quantitative estimate of drug-likeness (QED) is 0.535. The molecule has 24 heavy (non-hydrogen) atoms. The van der Waals surface area contributed by atoms with Crippen LogP contribution in [0.3, 0.4) is 0 Å². The fraction of sp³-hybridized carbons (Fsp3) is 0.176. The molecule has 0 amide bonds. The number of fused-ring (bicyclic) bond motifs is 3. The number of aryl methyl sites for hydroxylation is 1. The van der Waals surface area contributed by atoms with Crippen molar-refractivity contribution in [2.75, 3.05) is 11.9 Å². The summed E-state index contributed by atoms with van der Waals surface area (Å²) in [6.07, 6.45) is 1.84. The number of anilines is 1. The van der Waals surface area contributed by atoms with Gasteiger partial charge >= 0.3 is 0 Å². The highest BCUT2D eigenvalue weighted by Crippen LogP contribution is 2.38. The number of nitro groups is 1. The van der Waals surface area contributed by atoms with E-state index in [0.29, 0.717) is 0 Å². The fourth-order valence-electron chi connectivity index (χ4n) is 3.05. The molecule has 0 bridgehead atoms. The lowest BCUT2D eigenvalue weighted by Gasteiger charge is -2.27. The Morgan fingerprint density at radius 3 is 2.62 bits per heavy atom. The molecule has 3 aromatic rings. The van der Waals surface area contributed by atoms with Crippen molar-refractivity contribution in [2.45, 2.75) is 13.5 Å². The predicted octanol–water partition coefficient (Wildman–Crippen LogP) is 3.10. The normalized spacial score (nSPS) is 12.7. The van der Waals surface area contributed by atoms with E-state index in [1.54, 1.807) is 12.1 Å². The van der Waals surface area contributed by atoms with Crippen LogP contribution in [0.5, 0.6) is 0 Å². The first kappa shape index (κ1) is 14.4. The fourth-order valence-corrected chi connectivity index (χ4v) is 3.05. The van der Waals surface area contributed by atoms with Gasteiger partial charge in [0.05, 0.1) is 22.5 Å². The Balaban J connectivity index is 1.87. The molecule has 0 aliphatic carbocycles. The second-order valence-corrected chi connectivity index (χ2v) is 5.88. The van der Waals surface area contributed by atoms with Gasteiger partial charge in [0.25, 0.3) is 5.69 Å². The lowest BCUT2D eigenvalue weighted by Crippen LogP contribution is -2.23. The van der Waals surface area contributed by atoms with Gasteiger partial charge in [-0.2, -0.15) is 5.10 Å². The topological polar surface area (TPSA) is 77.1 Å². The van der Waals surface area contributed by atoms with Crippen molar-refractivity contribution in [3.8, 4) is 16.9 Å². The molecular formula is C17H15N5O2. The summed E-state index contributed by atoms with van der Waals surface area (Å²) in [5.41, 5.74) is 4.93. The van der Waals surface area contributed by atoms with Gasteiger partial charge in [0, 0.05) is 42.5 Å². The third kappa shape index (κ3) is 2.13. The lowest BCUT2D eigenvalue weighted by molar-refractivity contribution is -0.384. The minimum absolute atomic E-state index is 0.0669. The molecule has 0 fully saturated rings. The Labute approximate surface area is 138 Å². The molecule has 120 valence electrons. The van der Waals surface area contributed by atoms with Crippen LogP contribution in [0, 0.1) is 17.0 Å². The molecule has 0 N–H and O–H groups in total. The van der Waals surface area contributed by atoms with Gasteiger partial charge < -0.3 is 4.90 Å². The molecular weight excluding hydrogens is 306 g/mol. The zero-order valence-electron chi connectivity index (χ0n) is 13.3. The Morgan fingerprint density at radius 1 is 1.17 bits per heavy atom. The minimum Gasteiger partial charge on any atom is -0.355 e. The molecule has 0 saturated heterocycles. The monoisotopic (exact) mass is 321 g/mol. The van der Waals surface area contributed by atoms with Crippen LogP contribution in [-0.2, 0) is 6.54 Å². The Morgan fingerprint density at radius 2 is 1.92 bits per heavy atom. The molecule has 0 unspecified atom stereocenters. The highest BCUT2D eigenvalue weighted by atomic mass is 16.6. The van der Waals surface area contributed by atoms with Gasteiger partial charge in [0.15, 0.2) is 0 Å². The number of benzene rings is 1. The van der Waals surface area contributed by atoms with Crippen molar-refractivity contribution >= 4 is 11.5 Å². The van der Waals surface area contributed by atoms with Crippen molar-refractivity contribution < 1.29 is 4.92 Å². The van der Waals surface area contributed by atoms with Gasteiger partial charge in [-0.25, -0.2) is 9.67 Å². The third-order valence-electron chi connectivity index (χ3n) is 4.19. The smallest absolute Gasteiger partial charge is 0.269 e. The van der Waals surface area contributed by atoms with E-state index in [2.05, 4.69) is 21.0 Å². The standard InChI is InChI=1S/C17H15N5O2/c1-11-3-8-15-16-12(10-20(2)17(15)19-11)9-18-21(16)13-4-6-14(7-5-13)22(23)24/h3-9H,10H2,1-2H3. The number of hydrogen-bond donors (Lipinski definition) is 0. The molecule has 0 atom stereocenters. The molecule has 1 aliphatic rings. The van der Waals surface area contributed by atoms with Gasteiger partial charge in [-0.1, -0.05) is 0 Å².